The molecule has 0 saturated heterocycles. The summed E-state index contributed by atoms with van der Waals surface area (Å²) in [5, 5.41) is 2.60. The number of thiocarbonyl (C=S) groups is 1. The molecule has 5 heteroatoms. The van der Waals surface area contributed by atoms with Crippen molar-refractivity contribution >= 4 is 23.1 Å². The lowest BCUT2D eigenvalue weighted by molar-refractivity contribution is -0.120. The van der Waals surface area contributed by atoms with E-state index in [1.165, 1.54) is 0 Å². The number of nitrogens with one attached hydrogen (secondary N) is 1. The number of rotatable bonds is 5. The van der Waals surface area contributed by atoms with Crippen molar-refractivity contribution in [2.75, 3.05) is 6.54 Å². The van der Waals surface area contributed by atoms with Gasteiger partial charge in [0.05, 0.1) is 17.8 Å². The maximum Gasteiger partial charge on any atom is 0.220 e. The van der Waals surface area contributed by atoms with Crippen LogP contribution in [0.25, 0.3) is 0 Å². The second-order valence-corrected chi connectivity index (χ2v) is 3.35. The Morgan fingerprint density at radius 3 is 3.00 bits per heavy atom. The van der Waals surface area contributed by atoms with Gasteiger partial charge in [0, 0.05) is 12.8 Å². The third-order valence-corrected chi connectivity index (χ3v) is 1.78. The van der Waals surface area contributed by atoms with Crippen molar-refractivity contribution < 1.29 is 9.21 Å². The Kier molecular flexibility index (Phi) is 4.12. The van der Waals surface area contributed by atoms with Crippen LogP contribution in [-0.2, 0) is 11.2 Å². The fourth-order valence-electron chi connectivity index (χ4n) is 0.966. The van der Waals surface area contributed by atoms with E-state index in [0.29, 0.717) is 12.8 Å². The molecule has 0 radical (unpaired) electrons. The molecule has 1 amide bonds. The first-order valence-corrected chi connectivity index (χ1v) is 4.66. The zero-order chi connectivity index (χ0) is 10.4. The van der Waals surface area contributed by atoms with Crippen LogP contribution < -0.4 is 11.1 Å². The molecule has 1 aromatic rings. The molecule has 4 nitrogen and oxygen atoms in total. The highest BCUT2D eigenvalue weighted by Crippen LogP contribution is 2.02. The molecular weight excluding hydrogens is 200 g/mol. The lowest BCUT2D eigenvalue weighted by Gasteiger charge is -2.01. The van der Waals surface area contributed by atoms with Crippen molar-refractivity contribution in [3.8, 4) is 0 Å². The number of furan rings is 1. The Bertz CT molecular complexity index is 309. The first-order chi connectivity index (χ1) is 6.68. The summed E-state index contributed by atoms with van der Waals surface area (Å²) in [6.45, 7) is 0.256. The standard InChI is InChI=1S/C9H12N2O2S/c10-8(14)6-11-9(12)4-3-7-2-1-5-13-7/h1-2,5H,3-4,6H2,(H2,10,14)(H,11,12). The van der Waals surface area contributed by atoms with Crippen molar-refractivity contribution in [3.05, 3.63) is 24.2 Å². The summed E-state index contributed by atoms with van der Waals surface area (Å²) < 4.78 is 5.08. The van der Waals surface area contributed by atoms with Crippen LogP contribution in [-0.4, -0.2) is 17.4 Å². The van der Waals surface area contributed by atoms with Crippen molar-refractivity contribution in [3.63, 3.8) is 0 Å². The van der Waals surface area contributed by atoms with Gasteiger partial charge in [-0.1, -0.05) is 12.2 Å². The number of hydrogen-bond acceptors (Lipinski definition) is 3. The SMILES string of the molecule is NC(=S)CNC(=O)CCc1ccco1. The second kappa shape index (κ2) is 5.39. The maximum absolute atomic E-state index is 11.2. The van der Waals surface area contributed by atoms with Gasteiger partial charge in [-0.2, -0.15) is 0 Å². The van der Waals surface area contributed by atoms with Crippen LogP contribution in [0.15, 0.2) is 22.8 Å². The van der Waals surface area contributed by atoms with Crippen LogP contribution in [0, 0.1) is 0 Å². The fourth-order valence-corrected chi connectivity index (χ4v) is 1.04. The average molecular weight is 212 g/mol. The number of carbonyl (C=O) groups excluding carboxylic acids is 1. The Labute approximate surface area is 87.5 Å². The molecular formula is C9H12N2O2S. The smallest absolute Gasteiger partial charge is 0.220 e. The van der Waals surface area contributed by atoms with Gasteiger partial charge in [-0.05, 0) is 12.1 Å². The van der Waals surface area contributed by atoms with Gasteiger partial charge in [0.1, 0.15) is 5.76 Å². The van der Waals surface area contributed by atoms with Crippen LogP contribution in [0.1, 0.15) is 12.2 Å². The van der Waals surface area contributed by atoms with Gasteiger partial charge in [0.15, 0.2) is 0 Å². The Morgan fingerprint density at radius 2 is 2.43 bits per heavy atom. The van der Waals surface area contributed by atoms with Crippen LogP contribution in [0.2, 0.25) is 0 Å². The molecule has 0 aliphatic heterocycles. The zero-order valence-corrected chi connectivity index (χ0v) is 8.47. The average Bonchev–Trinajstić information content (AvgIpc) is 2.63. The maximum atomic E-state index is 11.2. The summed E-state index contributed by atoms with van der Waals surface area (Å²) in [6.07, 6.45) is 2.56. The Morgan fingerprint density at radius 1 is 1.64 bits per heavy atom. The van der Waals surface area contributed by atoms with Gasteiger partial charge in [-0.3, -0.25) is 4.79 Å². The summed E-state index contributed by atoms with van der Waals surface area (Å²) in [6, 6.07) is 3.63. The van der Waals surface area contributed by atoms with Gasteiger partial charge in [-0.25, -0.2) is 0 Å². The molecule has 0 fully saturated rings. The van der Waals surface area contributed by atoms with Gasteiger partial charge in [-0.15, -0.1) is 0 Å². The van der Waals surface area contributed by atoms with E-state index in [2.05, 4.69) is 17.5 Å². The van der Waals surface area contributed by atoms with Gasteiger partial charge >= 0.3 is 0 Å². The summed E-state index contributed by atoms with van der Waals surface area (Å²) in [5.41, 5.74) is 5.23. The quantitative estimate of drug-likeness (QED) is 0.702. The number of aryl methyl sites for hydroxylation is 1. The molecule has 0 spiro atoms. The minimum atomic E-state index is -0.0748. The molecule has 0 atom stereocenters. The van der Waals surface area contributed by atoms with E-state index in [1.54, 1.807) is 12.3 Å². The molecule has 0 aliphatic rings. The van der Waals surface area contributed by atoms with E-state index in [0.717, 1.165) is 5.76 Å². The first kappa shape index (κ1) is 10.7. The topological polar surface area (TPSA) is 68.3 Å². The lowest BCUT2D eigenvalue weighted by Crippen LogP contribution is -2.32. The fraction of sp³-hybridized carbons (Fsp3) is 0.333. The normalized spacial score (nSPS) is 9.71. The van der Waals surface area contributed by atoms with Crippen LogP contribution >= 0.6 is 12.2 Å². The monoisotopic (exact) mass is 212 g/mol. The third-order valence-electron chi connectivity index (χ3n) is 1.64. The summed E-state index contributed by atoms with van der Waals surface area (Å²) >= 11 is 4.62. The van der Waals surface area contributed by atoms with E-state index in [-0.39, 0.29) is 17.4 Å². The first-order valence-electron chi connectivity index (χ1n) is 4.26. The van der Waals surface area contributed by atoms with Gasteiger partial charge < -0.3 is 15.5 Å². The second-order valence-electron chi connectivity index (χ2n) is 2.82. The minimum Gasteiger partial charge on any atom is -0.469 e. The van der Waals surface area contributed by atoms with E-state index in [4.69, 9.17) is 10.2 Å². The molecule has 0 aromatic carbocycles. The molecule has 76 valence electrons. The molecule has 0 unspecified atom stereocenters. The van der Waals surface area contributed by atoms with Gasteiger partial charge in [0.2, 0.25) is 5.91 Å². The Balaban J connectivity index is 2.18. The van der Waals surface area contributed by atoms with Crippen molar-refractivity contribution in [2.24, 2.45) is 5.73 Å². The van der Waals surface area contributed by atoms with Crippen LogP contribution in [0.5, 0.6) is 0 Å². The molecule has 3 N–H and O–H groups in total. The predicted octanol–water partition coefficient (Wildman–Crippen LogP) is 0.614. The highest BCUT2D eigenvalue weighted by atomic mass is 32.1. The van der Waals surface area contributed by atoms with Crippen molar-refractivity contribution in [1.82, 2.24) is 5.32 Å². The number of carbonyl (C=O) groups is 1. The van der Waals surface area contributed by atoms with Crippen molar-refractivity contribution in [2.45, 2.75) is 12.8 Å². The molecule has 1 heterocycles. The summed E-state index contributed by atoms with van der Waals surface area (Å²) in [7, 11) is 0. The van der Waals surface area contributed by atoms with E-state index >= 15 is 0 Å². The molecule has 14 heavy (non-hydrogen) atoms. The molecule has 0 saturated carbocycles. The number of hydrogen-bond donors (Lipinski definition) is 2. The molecule has 1 aromatic heterocycles. The zero-order valence-electron chi connectivity index (χ0n) is 7.66. The highest BCUT2D eigenvalue weighted by molar-refractivity contribution is 7.80. The van der Waals surface area contributed by atoms with Crippen LogP contribution in [0.3, 0.4) is 0 Å². The third kappa shape index (κ3) is 4.04. The Hall–Kier alpha value is -1.36. The van der Waals surface area contributed by atoms with E-state index < -0.39 is 0 Å². The molecule has 1 rings (SSSR count). The lowest BCUT2D eigenvalue weighted by atomic mass is 10.2. The van der Waals surface area contributed by atoms with Crippen LogP contribution in [0.4, 0.5) is 0 Å². The molecule has 0 bridgehead atoms. The van der Waals surface area contributed by atoms with Crippen molar-refractivity contribution in [1.29, 1.82) is 0 Å². The predicted molar refractivity (Wildman–Crippen MR) is 56.8 cm³/mol. The van der Waals surface area contributed by atoms with E-state index in [9.17, 15) is 4.79 Å². The van der Waals surface area contributed by atoms with Gasteiger partial charge in [0.25, 0.3) is 0 Å². The number of nitrogens with two attached hydrogens (primary N) is 1. The summed E-state index contributed by atoms with van der Waals surface area (Å²) in [4.78, 5) is 11.5. The summed E-state index contributed by atoms with van der Waals surface area (Å²) in [5.74, 6) is 0.727. The molecule has 0 aliphatic carbocycles. The number of amides is 1. The highest BCUT2D eigenvalue weighted by Gasteiger charge is 2.03. The minimum absolute atomic E-state index is 0.0748. The largest absolute Gasteiger partial charge is 0.469 e. The van der Waals surface area contributed by atoms with E-state index in [1.807, 2.05) is 6.07 Å².